The van der Waals surface area contributed by atoms with Crippen LogP contribution in [0.3, 0.4) is 0 Å². The molecule has 0 aliphatic carbocycles. The minimum atomic E-state index is -2.01. The molecule has 0 aliphatic rings. The van der Waals surface area contributed by atoms with Crippen molar-refractivity contribution in [3.63, 3.8) is 0 Å². The second-order valence-corrected chi connectivity index (χ2v) is 12.9. The fourth-order valence-corrected chi connectivity index (χ4v) is 3.49. The van der Waals surface area contributed by atoms with Gasteiger partial charge in [-0.05, 0) is 42.2 Å². The van der Waals surface area contributed by atoms with Crippen LogP contribution in [-0.2, 0) is 6.42 Å². The Balaban J connectivity index is 2.48. The first-order valence-corrected chi connectivity index (χ1v) is 12.0. The number of benzene rings is 2. The third kappa shape index (κ3) is 4.60. The Hall–Kier alpha value is -1.87. The van der Waals surface area contributed by atoms with Crippen molar-refractivity contribution in [3.05, 3.63) is 65.2 Å². The lowest BCUT2D eigenvalue weighted by atomic mass is 9.99. The van der Waals surface area contributed by atoms with Gasteiger partial charge in [0.25, 0.3) is 8.32 Å². The van der Waals surface area contributed by atoms with E-state index in [2.05, 4.69) is 46.9 Å². The van der Waals surface area contributed by atoms with Crippen molar-refractivity contribution in [1.82, 2.24) is 0 Å². The summed E-state index contributed by atoms with van der Waals surface area (Å²) < 4.78 is 6.49. The van der Waals surface area contributed by atoms with Crippen molar-refractivity contribution in [2.45, 2.75) is 58.7 Å². The summed E-state index contributed by atoms with van der Waals surface area (Å²) in [6, 6.07) is 15.6. The highest BCUT2D eigenvalue weighted by molar-refractivity contribution is 6.74. The van der Waals surface area contributed by atoms with E-state index in [1.165, 1.54) is 5.56 Å². The molecule has 0 aliphatic heterocycles. The molecule has 0 saturated carbocycles. The molecule has 2 aromatic rings. The van der Waals surface area contributed by atoms with Gasteiger partial charge in [-0.2, -0.15) is 0 Å². The Morgan fingerprint density at radius 2 is 1.68 bits per heavy atom. The number of ketones is 1. The van der Waals surface area contributed by atoms with Gasteiger partial charge in [0.05, 0.1) is 5.56 Å². The molecule has 0 spiro atoms. The molecule has 0 N–H and O–H groups in total. The zero-order valence-corrected chi connectivity index (χ0v) is 17.3. The van der Waals surface area contributed by atoms with E-state index in [-0.39, 0.29) is 10.8 Å². The molecule has 0 radical (unpaired) electrons. The lowest BCUT2D eigenvalue weighted by molar-refractivity contribution is 0.103. The molecule has 2 rings (SSSR count). The van der Waals surface area contributed by atoms with Crippen LogP contribution in [0.4, 0.5) is 0 Å². The largest absolute Gasteiger partial charge is 0.543 e. The zero-order chi connectivity index (χ0) is 18.7. The SMILES string of the molecule is CCCc1ccc(O[Si](C)(C)C(C)(C)C)c(C(=O)c2ccccc2)c1. The van der Waals surface area contributed by atoms with Gasteiger partial charge in [0, 0.05) is 5.56 Å². The predicted octanol–water partition coefficient (Wildman–Crippen LogP) is 6.25. The highest BCUT2D eigenvalue weighted by atomic mass is 28.4. The monoisotopic (exact) mass is 354 g/mol. The Labute approximate surface area is 153 Å². The fourth-order valence-electron chi connectivity index (χ4n) is 2.46. The first kappa shape index (κ1) is 19.5. The van der Waals surface area contributed by atoms with Crippen LogP contribution in [0.15, 0.2) is 48.5 Å². The molecule has 0 heterocycles. The van der Waals surface area contributed by atoms with Gasteiger partial charge in [-0.15, -0.1) is 0 Å². The van der Waals surface area contributed by atoms with Crippen molar-refractivity contribution >= 4 is 14.1 Å². The standard InChI is InChI=1S/C22H30O2Si/c1-7-11-17-14-15-20(24-25(5,6)22(2,3)4)19(16-17)21(23)18-12-9-8-10-13-18/h8-10,12-16H,7,11H2,1-6H3. The normalized spacial score (nSPS) is 12.1. The highest BCUT2D eigenvalue weighted by Gasteiger charge is 2.39. The molecule has 0 fully saturated rings. The van der Waals surface area contributed by atoms with E-state index in [1.54, 1.807) is 0 Å². The van der Waals surface area contributed by atoms with Crippen LogP contribution in [0.1, 0.15) is 55.6 Å². The van der Waals surface area contributed by atoms with E-state index in [0.717, 1.165) is 18.6 Å². The highest BCUT2D eigenvalue weighted by Crippen LogP contribution is 2.38. The van der Waals surface area contributed by atoms with E-state index >= 15 is 0 Å². The minimum absolute atomic E-state index is 0.0345. The van der Waals surface area contributed by atoms with Crippen LogP contribution in [0, 0.1) is 0 Å². The fraction of sp³-hybridized carbons (Fsp3) is 0.409. The van der Waals surface area contributed by atoms with Gasteiger partial charge in [0.1, 0.15) is 5.75 Å². The van der Waals surface area contributed by atoms with Crippen molar-refractivity contribution in [1.29, 1.82) is 0 Å². The quantitative estimate of drug-likeness (QED) is 0.452. The number of hydrogen-bond acceptors (Lipinski definition) is 2. The topological polar surface area (TPSA) is 26.3 Å². The summed E-state index contributed by atoms with van der Waals surface area (Å²) in [5.41, 5.74) is 2.57. The smallest absolute Gasteiger partial charge is 0.250 e. The van der Waals surface area contributed by atoms with E-state index < -0.39 is 8.32 Å². The van der Waals surface area contributed by atoms with Gasteiger partial charge in [-0.25, -0.2) is 0 Å². The maximum Gasteiger partial charge on any atom is 0.250 e. The molecular weight excluding hydrogens is 324 g/mol. The van der Waals surface area contributed by atoms with Gasteiger partial charge in [-0.1, -0.05) is 70.5 Å². The Morgan fingerprint density at radius 3 is 2.24 bits per heavy atom. The minimum Gasteiger partial charge on any atom is -0.543 e. The summed E-state index contributed by atoms with van der Waals surface area (Å²) in [5.74, 6) is 0.757. The van der Waals surface area contributed by atoms with Crippen molar-refractivity contribution in [3.8, 4) is 5.75 Å². The number of hydrogen-bond donors (Lipinski definition) is 0. The van der Waals surface area contributed by atoms with Gasteiger partial charge in [0.2, 0.25) is 0 Å². The number of rotatable bonds is 6. The Morgan fingerprint density at radius 1 is 1.04 bits per heavy atom. The Kier molecular flexibility index (Phi) is 5.89. The van der Waals surface area contributed by atoms with E-state index in [4.69, 9.17) is 4.43 Å². The molecule has 2 nitrogen and oxygen atoms in total. The summed E-state index contributed by atoms with van der Waals surface area (Å²) in [5, 5.41) is 0.0855. The van der Waals surface area contributed by atoms with Gasteiger partial charge in [-0.3, -0.25) is 4.79 Å². The summed E-state index contributed by atoms with van der Waals surface area (Å²) in [7, 11) is -2.01. The van der Waals surface area contributed by atoms with Crippen LogP contribution in [-0.4, -0.2) is 14.1 Å². The molecule has 2 aromatic carbocycles. The molecule has 0 saturated heterocycles. The second kappa shape index (κ2) is 7.57. The van der Waals surface area contributed by atoms with Gasteiger partial charge < -0.3 is 4.43 Å². The molecule has 0 bridgehead atoms. The van der Waals surface area contributed by atoms with Gasteiger partial charge >= 0.3 is 0 Å². The first-order chi connectivity index (χ1) is 11.7. The van der Waals surface area contributed by atoms with Crippen LogP contribution >= 0.6 is 0 Å². The summed E-state index contributed by atoms with van der Waals surface area (Å²) in [4.78, 5) is 13.1. The third-order valence-electron chi connectivity index (χ3n) is 5.03. The maximum absolute atomic E-state index is 13.1. The molecule has 0 aromatic heterocycles. The molecule has 0 atom stereocenters. The van der Waals surface area contributed by atoms with E-state index in [1.807, 2.05) is 42.5 Å². The van der Waals surface area contributed by atoms with Crippen LogP contribution in [0.5, 0.6) is 5.75 Å². The lowest BCUT2D eigenvalue weighted by Gasteiger charge is -2.37. The third-order valence-corrected chi connectivity index (χ3v) is 9.38. The summed E-state index contributed by atoms with van der Waals surface area (Å²) >= 11 is 0. The average Bonchev–Trinajstić information content (AvgIpc) is 2.55. The maximum atomic E-state index is 13.1. The van der Waals surface area contributed by atoms with Crippen molar-refractivity contribution < 1.29 is 9.22 Å². The summed E-state index contributed by atoms with van der Waals surface area (Å²) in [6.07, 6.45) is 2.02. The van der Waals surface area contributed by atoms with Crippen LogP contribution in [0.2, 0.25) is 18.1 Å². The second-order valence-electron chi connectivity index (χ2n) is 8.14. The predicted molar refractivity (Wildman–Crippen MR) is 108 cm³/mol. The molecular formula is C22H30O2Si. The van der Waals surface area contributed by atoms with Gasteiger partial charge in [0.15, 0.2) is 5.78 Å². The van der Waals surface area contributed by atoms with Crippen LogP contribution in [0.25, 0.3) is 0 Å². The average molecular weight is 355 g/mol. The van der Waals surface area contributed by atoms with E-state index in [0.29, 0.717) is 11.1 Å². The number of aryl methyl sites for hydroxylation is 1. The lowest BCUT2D eigenvalue weighted by Crippen LogP contribution is -2.44. The first-order valence-electron chi connectivity index (χ1n) is 9.07. The van der Waals surface area contributed by atoms with E-state index in [9.17, 15) is 4.79 Å². The van der Waals surface area contributed by atoms with Crippen molar-refractivity contribution in [2.24, 2.45) is 0 Å². The zero-order valence-electron chi connectivity index (χ0n) is 16.3. The Bertz CT molecular complexity index is 727. The number of carbonyl (C=O) groups is 1. The summed E-state index contributed by atoms with van der Waals surface area (Å²) in [6.45, 7) is 13.2. The molecule has 25 heavy (non-hydrogen) atoms. The van der Waals surface area contributed by atoms with Crippen LogP contribution < -0.4 is 4.43 Å². The molecule has 0 amide bonds. The molecule has 0 unspecified atom stereocenters. The molecule has 134 valence electrons. The molecule has 3 heteroatoms. The van der Waals surface area contributed by atoms with Crippen molar-refractivity contribution in [2.75, 3.05) is 0 Å². The number of carbonyl (C=O) groups excluding carboxylic acids is 1.